The van der Waals surface area contributed by atoms with Gasteiger partial charge in [0.05, 0.1) is 6.10 Å². The summed E-state index contributed by atoms with van der Waals surface area (Å²) in [4.78, 5) is 26.6. The fraction of sp³-hybridized carbons (Fsp3) is 0.846. The molecule has 2 aliphatic rings. The molecule has 0 aromatic carbocycles. The monoisotopic (exact) mass is 270 g/mol. The number of aliphatic hydroxyl groups excluding tert-OH is 1. The number of aliphatic hydroxyl groups is 1. The molecular weight excluding hydrogens is 248 g/mol. The number of piperidine rings is 1. The molecule has 0 aromatic rings. The Morgan fingerprint density at radius 3 is 2.16 bits per heavy atom. The highest BCUT2D eigenvalue weighted by Gasteiger charge is 2.41. The summed E-state index contributed by atoms with van der Waals surface area (Å²) in [6.07, 6.45) is 0.485. The molecule has 2 saturated heterocycles. The standard InChI is InChI=1S/C13H22N2O4/c1-8-3-9(2)6-14(5-8)13(19)15-7-10(16)4-11(15)12(17)18/h8-11,16H,3-7H2,1-2H3,(H,17,18)/t8?,9?,10-,11-/m1/s1. The van der Waals surface area contributed by atoms with Crippen molar-refractivity contribution in [1.82, 2.24) is 9.80 Å². The van der Waals surface area contributed by atoms with Crippen LogP contribution in [0.25, 0.3) is 0 Å². The van der Waals surface area contributed by atoms with Gasteiger partial charge in [-0.25, -0.2) is 9.59 Å². The van der Waals surface area contributed by atoms with Gasteiger partial charge in [-0.05, 0) is 18.3 Å². The zero-order chi connectivity index (χ0) is 14.2. The van der Waals surface area contributed by atoms with Crippen LogP contribution < -0.4 is 0 Å². The van der Waals surface area contributed by atoms with Crippen LogP contribution in [0.15, 0.2) is 0 Å². The first-order valence-corrected chi connectivity index (χ1v) is 6.85. The van der Waals surface area contributed by atoms with E-state index in [1.165, 1.54) is 4.90 Å². The van der Waals surface area contributed by atoms with Crippen molar-refractivity contribution < 1.29 is 19.8 Å². The van der Waals surface area contributed by atoms with Crippen LogP contribution in [-0.2, 0) is 4.79 Å². The zero-order valence-corrected chi connectivity index (χ0v) is 11.5. The highest BCUT2D eigenvalue weighted by molar-refractivity contribution is 5.83. The number of carboxylic acids is 1. The molecule has 2 aliphatic heterocycles. The molecule has 0 spiro atoms. The van der Waals surface area contributed by atoms with E-state index in [0.717, 1.165) is 6.42 Å². The summed E-state index contributed by atoms with van der Waals surface area (Å²) in [6, 6.07) is -1.14. The van der Waals surface area contributed by atoms with Crippen molar-refractivity contribution in [3.8, 4) is 0 Å². The topological polar surface area (TPSA) is 81.1 Å². The SMILES string of the molecule is CC1CC(C)CN(C(=O)N2C[C@H](O)C[C@@H]2C(=O)O)C1. The van der Waals surface area contributed by atoms with E-state index in [2.05, 4.69) is 13.8 Å². The lowest BCUT2D eigenvalue weighted by Gasteiger charge is -2.38. The summed E-state index contributed by atoms with van der Waals surface area (Å²) in [7, 11) is 0. The van der Waals surface area contributed by atoms with Crippen molar-refractivity contribution >= 4 is 12.0 Å². The van der Waals surface area contributed by atoms with Crippen LogP contribution in [0.1, 0.15) is 26.7 Å². The van der Waals surface area contributed by atoms with Gasteiger partial charge in [0.25, 0.3) is 0 Å². The number of hydrogen-bond acceptors (Lipinski definition) is 3. The first-order valence-electron chi connectivity index (χ1n) is 6.85. The van der Waals surface area contributed by atoms with Crippen LogP contribution in [0.2, 0.25) is 0 Å². The highest BCUT2D eigenvalue weighted by Crippen LogP contribution is 2.25. The van der Waals surface area contributed by atoms with Gasteiger partial charge in [0.2, 0.25) is 0 Å². The molecule has 2 unspecified atom stereocenters. The van der Waals surface area contributed by atoms with E-state index in [-0.39, 0.29) is 19.0 Å². The summed E-state index contributed by atoms with van der Waals surface area (Å²) in [5.74, 6) is -0.171. The molecule has 6 nitrogen and oxygen atoms in total. The Bertz CT molecular complexity index is 364. The minimum atomic E-state index is -1.04. The van der Waals surface area contributed by atoms with Crippen molar-refractivity contribution in [3.63, 3.8) is 0 Å². The van der Waals surface area contributed by atoms with Gasteiger partial charge in [-0.15, -0.1) is 0 Å². The van der Waals surface area contributed by atoms with E-state index >= 15 is 0 Å². The van der Waals surface area contributed by atoms with Gasteiger partial charge < -0.3 is 20.0 Å². The molecule has 2 N–H and O–H groups in total. The quantitative estimate of drug-likeness (QED) is 0.731. The third kappa shape index (κ3) is 3.00. The molecule has 0 radical (unpaired) electrons. The lowest BCUT2D eigenvalue weighted by Crippen LogP contribution is -2.52. The van der Waals surface area contributed by atoms with E-state index in [1.807, 2.05) is 0 Å². The lowest BCUT2D eigenvalue weighted by molar-refractivity contribution is -0.141. The molecule has 2 fully saturated rings. The molecule has 6 heteroatoms. The maximum atomic E-state index is 12.4. The average Bonchev–Trinajstić information content (AvgIpc) is 2.69. The Hall–Kier alpha value is -1.30. The Balaban J connectivity index is 2.07. The van der Waals surface area contributed by atoms with Gasteiger partial charge in [-0.2, -0.15) is 0 Å². The molecular formula is C13H22N2O4. The zero-order valence-electron chi connectivity index (χ0n) is 11.5. The van der Waals surface area contributed by atoms with Crippen LogP contribution in [0.4, 0.5) is 4.79 Å². The minimum Gasteiger partial charge on any atom is -0.480 e. The molecule has 19 heavy (non-hydrogen) atoms. The van der Waals surface area contributed by atoms with Gasteiger partial charge in [-0.1, -0.05) is 13.8 Å². The van der Waals surface area contributed by atoms with Gasteiger partial charge in [0.15, 0.2) is 0 Å². The molecule has 108 valence electrons. The number of likely N-dealkylation sites (tertiary alicyclic amines) is 2. The van der Waals surface area contributed by atoms with Crippen LogP contribution >= 0.6 is 0 Å². The minimum absolute atomic E-state index is 0.120. The predicted molar refractivity (Wildman–Crippen MR) is 68.7 cm³/mol. The van der Waals surface area contributed by atoms with Crippen LogP contribution in [0.3, 0.4) is 0 Å². The highest BCUT2D eigenvalue weighted by atomic mass is 16.4. The first kappa shape index (κ1) is 14.1. The number of carbonyl (C=O) groups is 2. The van der Waals surface area contributed by atoms with Crippen molar-refractivity contribution in [1.29, 1.82) is 0 Å². The molecule has 2 amide bonds. The van der Waals surface area contributed by atoms with Crippen LogP contribution in [0, 0.1) is 11.8 Å². The van der Waals surface area contributed by atoms with Crippen molar-refractivity contribution in [3.05, 3.63) is 0 Å². The van der Waals surface area contributed by atoms with E-state index in [9.17, 15) is 14.7 Å². The number of carboxylic acid groups (broad SMARTS) is 1. The van der Waals surface area contributed by atoms with E-state index < -0.39 is 18.1 Å². The number of urea groups is 1. The fourth-order valence-electron chi connectivity index (χ4n) is 3.26. The number of rotatable bonds is 1. The molecule has 2 heterocycles. The summed E-state index contributed by atoms with van der Waals surface area (Å²) < 4.78 is 0. The number of β-amino-alcohol motifs (C(OH)–C–C–N with tert-alkyl or cyclic N) is 1. The van der Waals surface area contributed by atoms with Crippen molar-refractivity contribution in [2.24, 2.45) is 11.8 Å². The number of nitrogens with zero attached hydrogens (tertiary/aromatic N) is 2. The van der Waals surface area contributed by atoms with Gasteiger partial charge >= 0.3 is 12.0 Å². The molecule has 0 bridgehead atoms. The third-order valence-electron chi connectivity index (χ3n) is 3.95. The maximum absolute atomic E-state index is 12.4. The second-order valence-electron chi connectivity index (χ2n) is 6.03. The Kier molecular flexibility index (Phi) is 3.99. The molecule has 0 aliphatic carbocycles. The second kappa shape index (κ2) is 5.36. The van der Waals surface area contributed by atoms with E-state index in [0.29, 0.717) is 24.9 Å². The first-order chi connectivity index (χ1) is 8.88. The molecule has 4 atom stereocenters. The van der Waals surface area contributed by atoms with Crippen LogP contribution in [-0.4, -0.2) is 63.8 Å². The summed E-state index contributed by atoms with van der Waals surface area (Å²) in [5, 5.41) is 18.7. The van der Waals surface area contributed by atoms with E-state index in [4.69, 9.17) is 5.11 Å². The lowest BCUT2D eigenvalue weighted by atomic mass is 9.92. The second-order valence-corrected chi connectivity index (χ2v) is 6.03. The molecule has 2 rings (SSSR count). The normalized spacial score (nSPS) is 35.5. The summed E-state index contributed by atoms with van der Waals surface area (Å²) in [6.45, 7) is 5.66. The van der Waals surface area contributed by atoms with Gasteiger partial charge in [0, 0.05) is 26.1 Å². The maximum Gasteiger partial charge on any atom is 0.326 e. The number of carbonyl (C=O) groups excluding carboxylic acids is 1. The summed E-state index contributed by atoms with van der Waals surface area (Å²) in [5.41, 5.74) is 0. The van der Waals surface area contributed by atoms with E-state index in [1.54, 1.807) is 4.90 Å². The molecule has 0 saturated carbocycles. The average molecular weight is 270 g/mol. The smallest absolute Gasteiger partial charge is 0.326 e. The number of amides is 2. The van der Waals surface area contributed by atoms with Crippen molar-refractivity contribution in [2.45, 2.75) is 38.8 Å². The number of hydrogen-bond donors (Lipinski definition) is 2. The van der Waals surface area contributed by atoms with Gasteiger partial charge in [0.1, 0.15) is 6.04 Å². The predicted octanol–water partition coefficient (Wildman–Crippen LogP) is 0.604. The summed E-state index contributed by atoms with van der Waals surface area (Å²) >= 11 is 0. The largest absolute Gasteiger partial charge is 0.480 e. The third-order valence-corrected chi connectivity index (χ3v) is 3.95. The van der Waals surface area contributed by atoms with Crippen LogP contribution in [0.5, 0.6) is 0 Å². The Morgan fingerprint density at radius 2 is 1.63 bits per heavy atom. The molecule has 0 aromatic heterocycles. The Labute approximate surface area is 113 Å². The fourth-order valence-corrected chi connectivity index (χ4v) is 3.26. The number of aliphatic carboxylic acids is 1. The Morgan fingerprint density at radius 1 is 1.05 bits per heavy atom. The van der Waals surface area contributed by atoms with Crippen molar-refractivity contribution in [2.75, 3.05) is 19.6 Å². The van der Waals surface area contributed by atoms with Gasteiger partial charge in [-0.3, -0.25) is 0 Å².